The molecule has 6 heteroatoms. The highest BCUT2D eigenvalue weighted by molar-refractivity contribution is 7.98. The van der Waals surface area contributed by atoms with Crippen LogP contribution in [0, 0.1) is 0 Å². The van der Waals surface area contributed by atoms with Gasteiger partial charge in [0.1, 0.15) is 11.6 Å². The molecule has 96 valence electrons. The minimum Gasteiger partial charge on any atom is -0.383 e. The van der Waals surface area contributed by atoms with Gasteiger partial charge in [0.2, 0.25) is 0 Å². The summed E-state index contributed by atoms with van der Waals surface area (Å²) in [5, 5.41) is 0.728. The Labute approximate surface area is 112 Å². The second-order valence-electron chi connectivity index (χ2n) is 3.77. The zero-order valence-corrected chi connectivity index (χ0v) is 12.4. The standard InChI is InChI=1S/C11H20N4S2/c1-5-8(7-16-3)15(2)10-6-9(12)13-11(14-10)17-4/h6,8H,5,7H2,1-4H3,(H2,12,13,14). The predicted molar refractivity (Wildman–Crippen MR) is 79.1 cm³/mol. The van der Waals surface area contributed by atoms with Crippen LogP contribution in [0.1, 0.15) is 13.3 Å². The van der Waals surface area contributed by atoms with Crippen molar-refractivity contribution in [3.8, 4) is 0 Å². The first-order chi connectivity index (χ1) is 8.12. The second kappa shape index (κ2) is 6.96. The molecular formula is C11H20N4S2. The van der Waals surface area contributed by atoms with Crippen molar-refractivity contribution in [1.82, 2.24) is 9.97 Å². The number of nitrogens with zero attached hydrogens (tertiary/aromatic N) is 3. The highest BCUT2D eigenvalue weighted by Gasteiger charge is 2.15. The molecule has 0 fully saturated rings. The maximum absolute atomic E-state index is 5.79. The number of nitrogens with two attached hydrogens (primary N) is 1. The molecule has 17 heavy (non-hydrogen) atoms. The lowest BCUT2D eigenvalue weighted by Gasteiger charge is -2.28. The Morgan fingerprint density at radius 2 is 2.12 bits per heavy atom. The Morgan fingerprint density at radius 1 is 1.41 bits per heavy atom. The molecule has 0 bridgehead atoms. The molecule has 0 saturated carbocycles. The van der Waals surface area contributed by atoms with Gasteiger partial charge in [0.05, 0.1) is 0 Å². The van der Waals surface area contributed by atoms with Crippen molar-refractivity contribution >= 4 is 35.2 Å². The van der Waals surface area contributed by atoms with Gasteiger partial charge >= 0.3 is 0 Å². The Kier molecular flexibility index (Phi) is 5.91. The molecule has 1 atom stereocenters. The largest absolute Gasteiger partial charge is 0.383 e. The van der Waals surface area contributed by atoms with Gasteiger partial charge in [-0.3, -0.25) is 0 Å². The fourth-order valence-corrected chi connectivity index (χ4v) is 2.81. The Balaban J connectivity index is 2.93. The van der Waals surface area contributed by atoms with Crippen LogP contribution in [0.5, 0.6) is 0 Å². The third kappa shape index (κ3) is 3.96. The lowest BCUT2D eigenvalue weighted by atomic mass is 10.2. The molecule has 1 aromatic rings. The van der Waals surface area contributed by atoms with Crippen molar-refractivity contribution in [2.75, 3.05) is 35.9 Å². The number of aromatic nitrogens is 2. The van der Waals surface area contributed by atoms with E-state index in [2.05, 4.69) is 35.1 Å². The van der Waals surface area contributed by atoms with Gasteiger partial charge in [0.25, 0.3) is 0 Å². The van der Waals surface area contributed by atoms with Crippen molar-refractivity contribution in [2.24, 2.45) is 0 Å². The number of anilines is 2. The molecule has 2 N–H and O–H groups in total. The van der Waals surface area contributed by atoms with Gasteiger partial charge < -0.3 is 10.6 Å². The van der Waals surface area contributed by atoms with Crippen LogP contribution in [0.25, 0.3) is 0 Å². The van der Waals surface area contributed by atoms with E-state index in [0.29, 0.717) is 11.9 Å². The van der Waals surface area contributed by atoms with Crippen molar-refractivity contribution in [3.05, 3.63) is 6.07 Å². The van der Waals surface area contributed by atoms with E-state index in [9.17, 15) is 0 Å². The predicted octanol–water partition coefficient (Wildman–Crippen LogP) is 2.36. The van der Waals surface area contributed by atoms with Gasteiger partial charge in [-0.25, -0.2) is 9.97 Å². The summed E-state index contributed by atoms with van der Waals surface area (Å²) in [6, 6.07) is 2.32. The van der Waals surface area contributed by atoms with Crippen molar-refractivity contribution in [2.45, 2.75) is 24.5 Å². The summed E-state index contributed by atoms with van der Waals surface area (Å²) in [6.45, 7) is 2.19. The monoisotopic (exact) mass is 272 g/mol. The molecule has 1 rings (SSSR count). The van der Waals surface area contributed by atoms with E-state index in [4.69, 9.17) is 5.73 Å². The summed E-state index contributed by atoms with van der Waals surface area (Å²) in [5.74, 6) is 2.53. The highest BCUT2D eigenvalue weighted by atomic mass is 32.2. The third-order valence-electron chi connectivity index (χ3n) is 2.63. The quantitative estimate of drug-likeness (QED) is 0.634. The number of rotatable bonds is 6. The van der Waals surface area contributed by atoms with Crippen LogP contribution in [0.4, 0.5) is 11.6 Å². The third-order valence-corrected chi connectivity index (χ3v) is 3.90. The number of thioether (sulfide) groups is 2. The first-order valence-electron chi connectivity index (χ1n) is 5.52. The highest BCUT2D eigenvalue weighted by Crippen LogP contribution is 2.21. The lowest BCUT2D eigenvalue weighted by molar-refractivity contribution is 0.661. The van der Waals surface area contributed by atoms with Crippen LogP contribution >= 0.6 is 23.5 Å². The van der Waals surface area contributed by atoms with Crippen LogP contribution in [-0.2, 0) is 0 Å². The van der Waals surface area contributed by atoms with Crippen LogP contribution in [0.15, 0.2) is 11.2 Å². The minimum atomic E-state index is 0.481. The first kappa shape index (κ1) is 14.4. The minimum absolute atomic E-state index is 0.481. The number of hydrogen-bond donors (Lipinski definition) is 1. The molecule has 1 aromatic heterocycles. The smallest absolute Gasteiger partial charge is 0.191 e. The second-order valence-corrected chi connectivity index (χ2v) is 5.45. The van der Waals surface area contributed by atoms with Gasteiger partial charge in [-0.2, -0.15) is 11.8 Å². The van der Waals surface area contributed by atoms with Crippen molar-refractivity contribution in [3.63, 3.8) is 0 Å². The van der Waals surface area contributed by atoms with E-state index in [1.807, 2.05) is 24.1 Å². The summed E-state index contributed by atoms with van der Waals surface area (Å²) in [6.07, 6.45) is 5.17. The number of nitrogen functional groups attached to an aromatic ring is 1. The maximum atomic E-state index is 5.79. The molecular weight excluding hydrogens is 252 g/mol. The summed E-state index contributed by atoms with van der Waals surface area (Å²) in [7, 11) is 2.07. The molecule has 0 aromatic carbocycles. The van der Waals surface area contributed by atoms with Crippen LogP contribution in [-0.4, -0.2) is 41.3 Å². The SMILES string of the molecule is CCC(CSC)N(C)c1cc(N)nc(SC)n1. The van der Waals surface area contributed by atoms with Crippen LogP contribution < -0.4 is 10.6 Å². The molecule has 0 amide bonds. The van der Waals surface area contributed by atoms with Crippen LogP contribution in [0.3, 0.4) is 0 Å². The van der Waals surface area contributed by atoms with Gasteiger partial charge in [-0.05, 0) is 18.9 Å². The average Bonchev–Trinajstić information content (AvgIpc) is 2.34. The van der Waals surface area contributed by atoms with E-state index in [1.54, 1.807) is 0 Å². The fourth-order valence-electron chi connectivity index (χ4n) is 1.59. The Morgan fingerprint density at radius 3 is 2.65 bits per heavy atom. The van der Waals surface area contributed by atoms with Crippen LogP contribution in [0.2, 0.25) is 0 Å². The van der Waals surface area contributed by atoms with E-state index < -0.39 is 0 Å². The fraction of sp³-hybridized carbons (Fsp3) is 0.636. The van der Waals surface area contributed by atoms with Gasteiger partial charge in [0, 0.05) is 24.9 Å². The lowest BCUT2D eigenvalue weighted by Crippen LogP contribution is -2.34. The first-order valence-corrected chi connectivity index (χ1v) is 8.14. The van der Waals surface area contributed by atoms with E-state index in [-0.39, 0.29) is 0 Å². The summed E-state index contributed by atoms with van der Waals surface area (Å²) in [4.78, 5) is 10.8. The molecule has 0 aliphatic carbocycles. The molecule has 4 nitrogen and oxygen atoms in total. The summed E-state index contributed by atoms with van der Waals surface area (Å²) < 4.78 is 0. The zero-order chi connectivity index (χ0) is 12.8. The van der Waals surface area contributed by atoms with Gasteiger partial charge in [0.15, 0.2) is 5.16 Å². The molecule has 1 heterocycles. The Hall–Kier alpha value is -0.620. The zero-order valence-electron chi connectivity index (χ0n) is 10.8. The van der Waals surface area contributed by atoms with E-state index in [0.717, 1.165) is 23.1 Å². The van der Waals surface area contributed by atoms with Gasteiger partial charge in [-0.15, -0.1) is 0 Å². The topological polar surface area (TPSA) is 55.0 Å². The molecule has 0 radical (unpaired) electrons. The maximum Gasteiger partial charge on any atom is 0.191 e. The Bertz CT molecular complexity index is 359. The molecule has 1 unspecified atom stereocenters. The average molecular weight is 272 g/mol. The number of hydrogen-bond acceptors (Lipinski definition) is 6. The van der Waals surface area contributed by atoms with Crippen molar-refractivity contribution < 1.29 is 0 Å². The summed E-state index contributed by atoms with van der Waals surface area (Å²) >= 11 is 3.36. The normalized spacial score (nSPS) is 12.5. The molecule has 0 aliphatic rings. The van der Waals surface area contributed by atoms with Crippen molar-refractivity contribution in [1.29, 1.82) is 0 Å². The van der Waals surface area contributed by atoms with Gasteiger partial charge in [-0.1, -0.05) is 18.7 Å². The molecule has 0 saturated heterocycles. The summed E-state index contributed by atoms with van der Waals surface area (Å²) in [5.41, 5.74) is 5.79. The molecule has 0 aliphatic heterocycles. The molecule has 0 spiro atoms. The van der Waals surface area contributed by atoms with E-state index >= 15 is 0 Å². The van der Waals surface area contributed by atoms with E-state index in [1.165, 1.54) is 11.8 Å².